The topological polar surface area (TPSA) is 48.1 Å². The Morgan fingerprint density at radius 1 is 1.12 bits per heavy atom. The Bertz CT molecular complexity index is 550. The average molecular weight is 228 g/mol. The molecule has 2 aromatic rings. The molecule has 0 saturated heterocycles. The zero-order valence-corrected chi connectivity index (χ0v) is 10.3. The van der Waals surface area contributed by atoms with E-state index in [0.29, 0.717) is 5.82 Å². The standard InChI is InChI=1S/C14H16N2O/c1-9-7-8-11(14(17-3)10(9)2)12-5-4-6-13(15)16-12/h4-8H,1-3H3,(H2,15,16). The molecular formula is C14H16N2O. The number of ether oxygens (including phenoxy) is 1. The summed E-state index contributed by atoms with van der Waals surface area (Å²) in [5.74, 6) is 1.38. The molecule has 1 heterocycles. The molecule has 2 rings (SSSR count). The molecule has 2 N–H and O–H groups in total. The van der Waals surface area contributed by atoms with E-state index in [0.717, 1.165) is 22.6 Å². The quantitative estimate of drug-likeness (QED) is 0.859. The molecule has 1 aromatic heterocycles. The molecule has 17 heavy (non-hydrogen) atoms. The molecule has 0 aliphatic heterocycles. The molecule has 1 aromatic carbocycles. The first kappa shape index (κ1) is 11.5. The highest BCUT2D eigenvalue weighted by atomic mass is 16.5. The van der Waals surface area contributed by atoms with Crippen LogP contribution < -0.4 is 10.5 Å². The molecular weight excluding hydrogens is 212 g/mol. The Morgan fingerprint density at radius 2 is 1.88 bits per heavy atom. The molecule has 0 amide bonds. The fourth-order valence-electron chi connectivity index (χ4n) is 1.86. The third-order valence-electron chi connectivity index (χ3n) is 2.93. The van der Waals surface area contributed by atoms with Gasteiger partial charge in [-0.05, 0) is 43.2 Å². The van der Waals surface area contributed by atoms with Gasteiger partial charge in [0.2, 0.25) is 0 Å². The Hall–Kier alpha value is -2.03. The van der Waals surface area contributed by atoms with Gasteiger partial charge in [-0.25, -0.2) is 4.98 Å². The summed E-state index contributed by atoms with van der Waals surface area (Å²) in [6.07, 6.45) is 0. The van der Waals surface area contributed by atoms with Crippen molar-refractivity contribution in [1.82, 2.24) is 4.98 Å². The maximum Gasteiger partial charge on any atom is 0.131 e. The molecule has 0 bridgehead atoms. The van der Waals surface area contributed by atoms with Gasteiger partial charge in [-0.2, -0.15) is 0 Å². The van der Waals surface area contributed by atoms with Crippen molar-refractivity contribution in [2.45, 2.75) is 13.8 Å². The molecule has 88 valence electrons. The van der Waals surface area contributed by atoms with E-state index >= 15 is 0 Å². The minimum atomic E-state index is 0.516. The van der Waals surface area contributed by atoms with Crippen LogP contribution in [-0.2, 0) is 0 Å². The average Bonchev–Trinajstić information content (AvgIpc) is 2.32. The molecule has 0 saturated carbocycles. The predicted octanol–water partition coefficient (Wildman–Crippen LogP) is 2.96. The zero-order valence-electron chi connectivity index (χ0n) is 10.3. The third-order valence-corrected chi connectivity index (χ3v) is 2.93. The van der Waals surface area contributed by atoms with E-state index in [2.05, 4.69) is 18.0 Å². The highest BCUT2D eigenvalue weighted by molar-refractivity contribution is 5.71. The van der Waals surface area contributed by atoms with Gasteiger partial charge in [0.15, 0.2) is 0 Å². The van der Waals surface area contributed by atoms with Crippen molar-refractivity contribution in [2.24, 2.45) is 0 Å². The molecule has 0 atom stereocenters. The van der Waals surface area contributed by atoms with Crippen molar-refractivity contribution in [3.8, 4) is 17.0 Å². The van der Waals surface area contributed by atoms with Gasteiger partial charge in [0.1, 0.15) is 11.6 Å². The molecule has 0 radical (unpaired) electrons. The van der Waals surface area contributed by atoms with Crippen LogP contribution in [-0.4, -0.2) is 12.1 Å². The van der Waals surface area contributed by atoms with E-state index < -0.39 is 0 Å². The molecule has 0 aliphatic carbocycles. The third kappa shape index (κ3) is 2.09. The second kappa shape index (κ2) is 4.45. The van der Waals surface area contributed by atoms with Gasteiger partial charge in [0, 0.05) is 5.56 Å². The molecule has 0 unspecified atom stereocenters. The summed E-state index contributed by atoms with van der Waals surface area (Å²) in [4.78, 5) is 4.32. The second-order valence-electron chi connectivity index (χ2n) is 4.04. The number of rotatable bonds is 2. The summed E-state index contributed by atoms with van der Waals surface area (Å²) in [5.41, 5.74) is 9.85. The first-order valence-electron chi connectivity index (χ1n) is 5.50. The summed E-state index contributed by atoms with van der Waals surface area (Å²) in [7, 11) is 1.68. The molecule has 3 heteroatoms. The number of hydrogen-bond donors (Lipinski definition) is 1. The molecule has 3 nitrogen and oxygen atoms in total. The monoisotopic (exact) mass is 228 g/mol. The number of nitrogen functional groups attached to an aromatic ring is 1. The Balaban J connectivity index is 2.63. The van der Waals surface area contributed by atoms with E-state index in [4.69, 9.17) is 10.5 Å². The Labute approximate surface area is 101 Å². The van der Waals surface area contributed by atoms with Crippen LogP contribution in [0.25, 0.3) is 11.3 Å². The highest BCUT2D eigenvalue weighted by Crippen LogP contribution is 2.33. The summed E-state index contributed by atoms with van der Waals surface area (Å²) in [6, 6.07) is 9.69. The number of nitrogens with two attached hydrogens (primary N) is 1. The van der Waals surface area contributed by atoms with E-state index in [1.54, 1.807) is 13.2 Å². The lowest BCUT2D eigenvalue weighted by Crippen LogP contribution is -1.96. The van der Waals surface area contributed by atoms with Crippen molar-refractivity contribution >= 4 is 5.82 Å². The van der Waals surface area contributed by atoms with Gasteiger partial charge in [-0.15, -0.1) is 0 Å². The first-order valence-corrected chi connectivity index (χ1v) is 5.50. The largest absolute Gasteiger partial charge is 0.496 e. The number of methoxy groups -OCH3 is 1. The normalized spacial score (nSPS) is 10.3. The zero-order chi connectivity index (χ0) is 12.4. The maximum absolute atomic E-state index is 5.70. The molecule has 0 aliphatic rings. The lowest BCUT2D eigenvalue weighted by atomic mass is 10.0. The van der Waals surface area contributed by atoms with Crippen LogP contribution >= 0.6 is 0 Å². The predicted molar refractivity (Wildman–Crippen MR) is 70.1 cm³/mol. The van der Waals surface area contributed by atoms with Crippen LogP contribution in [0.1, 0.15) is 11.1 Å². The van der Waals surface area contributed by atoms with E-state index in [1.165, 1.54) is 5.56 Å². The van der Waals surface area contributed by atoms with Crippen LogP contribution in [0.4, 0.5) is 5.82 Å². The molecule has 0 spiro atoms. The summed E-state index contributed by atoms with van der Waals surface area (Å²) < 4.78 is 5.47. The van der Waals surface area contributed by atoms with Gasteiger partial charge in [0.25, 0.3) is 0 Å². The van der Waals surface area contributed by atoms with Crippen LogP contribution in [0, 0.1) is 13.8 Å². The first-order chi connectivity index (χ1) is 8.13. The van der Waals surface area contributed by atoms with Gasteiger partial charge < -0.3 is 10.5 Å². The Kier molecular flexibility index (Phi) is 3.00. The number of hydrogen-bond acceptors (Lipinski definition) is 3. The van der Waals surface area contributed by atoms with Gasteiger partial charge in [-0.3, -0.25) is 0 Å². The Morgan fingerprint density at radius 3 is 2.53 bits per heavy atom. The van der Waals surface area contributed by atoms with Crippen molar-refractivity contribution in [2.75, 3.05) is 12.8 Å². The van der Waals surface area contributed by atoms with Crippen LogP contribution in [0.5, 0.6) is 5.75 Å². The fraction of sp³-hybridized carbons (Fsp3) is 0.214. The smallest absolute Gasteiger partial charge is 0.131 e. The fourth-order valence-corrected chi connectivity index (χ4v) is 1.86. The SMILES string of the molecule is COc1c(-c2cccc(N)n2)ccc(C)c1C. The summed E-state index contributed by atoms with van der Waals surface area (Å²) in [6.45, 7) is 4.11. The lowest BCUT2D eigenvalue weighted by Gasteiger charge is -2.13. The number of aryl methyl sites for hydroxylation is 1. The van der Waals surface area contributed by atoms with Gasteiger partial charge >= 0.3 is 0 Å². The van der Waals surface area contributed by atoms with Crippen molar-refractivity contribution in [3.63, 3.8) is 0 Å². The van der Waals surface area contributed by atoms with Crippen molar-refractivity contribution < 1.29 is 4.74 Å². The number of pyridine rings is 1. The van der Waals surface area contributed by atoms with Crippen molar-refractivity contribution in [1.29, 1.82) is 0 Å². The van der Waals surface area contributed by atoms with Crippen LogP contribution in [0.2, 0.25) is 0 Å². The summed E-state index contributed by atoms with van der Waals surface area (Å²) in [5, 5.41) is 0. The number of nitrogens with zero attached hydrogens (tertiary/aromatic N) is 1. The second-order valence-corrected chi connectivity index (χ2v) is 4.04. The van der Waals surface area contributed by atoms with Crippen LogP contribution in [0.15, 0.2) is 30.3 Å². The maximum atomic E-state index is 5.70. The van der Waals surface area contributed by atoms with E-state index in [1.807, 2.05) is 25.1 Å². The minimum Gasteiger partial charge on any atom is -0.496 e. The minimum absolute atomic E-state index is 0.516. The van der Waals surface area contributed by atoms with Crippen LogP contribution in [0.3, 0.4) is 0 Å². The number of aromatic nitrogens is 1. The summed E-state index contributed by atoms with van der Waals surface area (Å²) >= 11 is 0. The molecule has 0 fully saturated rings. The van der Waals surface area contributed by atoms with Gasteiger partial charge in [-0.1, -0.05) is 12.1 Å². The van der Waals surface area contributed by atoms with E-state index in [9.17, 15) is 0 Å². The van der Waals surface area contributed by atoms with Crippen molar-refractivity contribution in [3.05, 3.63) is 41.5 Å². The lowest BCUT2D eigenvalue weighted by molar-refractivity contribution is 0.413. The van der Waals surface area contributed by atoms with E-state index in [-0.39, 0.29) is 0 Å². The number of anilines is 1. The highest BCUT2D eigenvalue weighted by Gasteiger charge is 2.11. The number of benzene rings is 1. The van der Waals surface area contributed by atoms with Gasteiger partial charge in [0.05, 0.1) is 12.8 Å².